The number of aromatic nitrogens is 1. The number of nitrogens with zero attached hydrogens (tertiary/aromatic N) is 2. The Bertz CT molecular complexity index is 437. The first-order valence-corrected chi connectivity index (χ1v) is 7.88. The number of aryl methyl sites for hydroxylation is 1. The molecule has 2 atom stereocenters. The third-order valence-electron chi connectivity index (χ3n) is 4.46. The molecular weight excluding hydrogens is 250 g/mol. The highest BCUT2D eigenvalue weighted by Gasteiger charge is 2.24. The second-order valence-electron chi connectivity index (χ2n) is 5.79. The van der Waals surface area contributed by atoms with Gasteiger partial charge in [0, 0.05) is 31.9 Å². The van der Waals surface area contributed by atoms with Crippen molar-refractivity contribution in [2.45, 2.75) is 38.3 Å². The van der Waals surface area contributed by atoms with Gasteiger partial charge in [-0.25, -0.2) is 0 Å². The average molecular weight is 275 g/mol. The third-order valence-corrected chi connectivity index (χ3v) is 4.46. The van der Waals surface area contributed by atoms with E-state index in [2.05, 4.69) is 28.2 Å². The molecule has 0 spiro atoms. The van der Waals surface area contributed by atoms with Gasteiger partial charge < -0.3 is 10.1 Å². The van der Waals surface area contributed by atoms with Crippen LogP contribution in [0.4, 0.5) is 0 Å². The number of morpholine rings is 1. The standard InChI is InChI=1S/C16H25N3O/c1-2-19-9-10-20-14(12-19)11-18-15-7-3-5-13-6-4-8-17-16(13)15/h4,6,8,14-15,18H,2-3,5,7,9-12H2,1H3. The van der Waals surface area contributed by atoms with Gasteiger partial charge in [0.2, 0.25) is 0 Å². The van der Waals surface area contributed by atoms with Crippen molar-refractivity contribution >= 4 is 0 Å². The Kier molecular flexibility index (Phi) is 4.65. The second kappa shape index (κ2) is 6.66. The maximum absolute atomic E-state index is 5.86. The lowest BCUT2D eigenvalue weighted by Crippen LogP contribution is -2.47. The molecule has 1 aromatic heterocycles. The minimum Gasteiger partial charge on any atom is -0.374 e. The zero-order valence-corrected chi connectivity index (χ0v) is 12.3. The molecule has 4 heteroatoms. The molecule has 1 N–H and O–H groups in total. The van der Waals surface area contributed by atoms with Gasteiger partial charge in [0.25, 0.3) is 0 Å². The monoisotopic (exact) mass is 275 g/mol. The number of pyridine rings is 1. The van der Waals surface area contributed by atoms with Crippen LogP contribution in [-0.4, -0.2) is 48.8 Å². The van der Waals surface area contributed by atoms with Crippen molar-refractivity contribution in [3.63, 3.8) is 0 Å². The molecule has 1 fully saturated rings. The van der Waals surface area contributed by atoms with Crippen LogP contribution in [0.5, 0.6) is 0 Å². The van der Waals surface area contributed by atoms with Crippen molar-refractivity contribution in [1.29, 1.82) is 0 Å². The minimum atomic E-state index is 0.317. The Morgan fingerprint density at radius 2 is 2.45 bits per heavy atom. The number of hydrogen-bond donors (Lipinski definition) is 1. The minimum absolute atomic E-state index is 0.317. The Hall–Kier alpha value is -0.970. The summed E-state index contributed by atoms with van der Waals surface area (Å²) in [6.45, 7) is 7.24. The molecule has 0 radical (unpaired) electrons. The molecule has 3 rings (SSSR count). The zero-order valence-electron chi connectivity index (χ0n) is 12.3. The SMILES string of the molecule is CCN1CCOC(CNC2CCCc3cccnc32)C1. The molecule has 2 heterocycles. The van der Waals surface area contributed by atoms with Crippen LogP contribution in [0.25, 0.3) is 0 Å². The average Bonchev–Trinajstić information content (AvgIpc) is 2.53. The molecule has 0 bridgehead atoms. The summed E-state index contributed by atoms with van der Waals surface area (Å²) >= 11 is 0. The number of rotatable bonds is 4. The van der Waals surface area contributed by atoms with Crippen molar-refractivity contribution < 1.29 is 4.74 Å². The van der Waals surface area contributed by atoms with Gasteiger partial charge in [0.05, 0.1) is 18.4 Å². The summed E-state index contributed by atoms with van der Waals surface area (Å²) in [7, 11) is 0. The van der Waals surface area contributed by atoms with Crippen LogP contribution in [0.2, 0.25) is 0 Å². The summed E-state index contributed by atoms with van der Waals surface area (Å²) in [4.78, 5) is 7.04. The van der Waals surface area contributed by atoms with Crippen LogP contribution in [-0.2, 0) is 11.2 Å². The smallest absolute Gasteiger partial charge is 0.0826 e. The Morgan fingerprint density at radius 3 is 3.35 bits per heavy atom. The molecule has 1 aliphatic heterocycles. The molecule has 110 valence electrons. The van der Waals surface area contributed by atoms with Crippen LogP contribution in [0.15, 0.2) is 18.3 Å². The van der Waals surface area contributed by atoms with Crippen LogP contribution in [0.1, 0.15) is 37.1 Å². The van der Waals surface area contributed by atoms with Gasteiger partial charge in [0.15, 0.2) is 0 Å². The lowest BCUT2D eigenvalue weighted by atomic mass is 9.92. The molecule has 1 aromatic rings. The first-order chi connectivity index (χ1) is 9.86. The quantitative estimate of drug-likeness (QED) is 0.909. The Labute approximate surface area is 121 Å². The van der Waals surface area contributed by atoms with Crippen LogP contribution in [0, 0.1) is 0 Å². The van der Waals surface area contributed by atoms with Crippen molar-refractivity contribution in [2.24, 2.45) is 0 Å². The lowest BCUT2D eigenvalue weighted by molar-refractivity contribution is -0.0266. The van der Waals surface area contributed by atoms with Gasteiger partial charge in [-0.05, 0) is 37.4 Å². The van der Waals surface area contributed by atoms with E-state index >= 15 is 0 Å². The first-order valence-electron chi connectivity index (χ1n) is 7.88. The summed E-state index contributed by atoms with van der Waals surface area (Å²) in [6, 6.07) is 4.66. The Balaban J connectivity index is 1.56. The van der Waals surface area contributed by atoms with E-state index in [4.69, 9.17) is 4.74 Å². The molecule has 2 unspecified atom stereocenters. The van der Waals surface area contributed by atoms with Crippen LogP contribution >= 0.6 is 0 Å². The highest BCUT2D eigenvalue weighted by atomic mass is 16.5. The summed E-state index contributed by atoms with van der Waals surface area (Å²) in [6.07, 6.45) is 5.84. The molecule has 2 aliphatic rings. The molecular formula is C16H25N3O. The van der Waals surface area contributed by atoms with Crippen LogP contribution < -0.4 is 5.32 Å². The van der Waals surface area contributed by atoms with Crippen molar-refractivity contribution in [2.75, 3.05) is 32.8 Å². The first kappa shape index (κ1) is 14.0. The summed E-state index contributed by atoms with van der Waals surface area (Å²) in [5.74, 6) is 0. The van der Waals surface area contributed by atoms with E-state index in [1.807, 2.05) is 12.3 Å². The van der Waals surface area contributed by atoms with Gasteiger partial charge in [-0.2, -0.15) is 0 Å². The molecule has 0 amide bonds. The van der Waals surface area contributed by atoms with Gasteiger partial charge in [-0.15, -0.1) is 0 Å². The largest absolute Gasteiger partial charge is 0.374 e. The molecule has 1 saturated heterocycles. The molecule has 4 nitrogen and oxygen atoms in total. The normalized spacial score (nSPS) is 27.2. The fourth-order valence-electron chi connectivity index (χ4n) is 3.27. The second-order valence-corrected chi connectivity index (χ2v) is 5.79. The van der Waals surface area contributed by atoms with Crippen LogP contribution in [0.3, 0.4) is 0 Å². The fraction of sp³-hybridized carbons (Fsp3) is 0.688. The summed E-state index contributed by atoms with van der Waals surface area (Å²) < 4.78 is 5.86. The van der Waals surface area contributed by atoms with E-state index in [9.17, 15) is 0 Å². The van der Waals surface area contributed by atoms with E-state index in [0.29, 0.717) is 12.1 Å². The number of ether oxygens (including phenoxy) is 1. The van der Waals surface area contributed by atoms with Crippen molar-refractivity contribution in [1.82, 2.24) is 15.2 Å². The highest BCUT2D eigenvalue weighted by Crippen LogP contribution is 2.27. The fourth-order valence-corrected chi connectivity index (χ4v) is 3.27. The zero-order chi connectivity index (χ0) is 13.8. The van der Waals surface area contributed by atoms with E-state index < -0.39 is 0 Å². The predicted molar refractivity (Wildman–Crippen MR) is 79.8 cm³/mol. The summed E-state index contributed by atoms with van der Waals surface area (Å²) in [5.41, 5.74) is 2.66. The number of fused-ring (bicyclic) bond motifs is 1. The van der Waals surface area contributed by atoms with E-state index in [1.54, 1.807) is 0 Å². The number of hydrogen-bond acceptors (Lipinski definition) is 4. The highest BCUT2D eigenvalue weighted by molar-refractivity contribution is 5.25. The molecule has 20 heavy (non-hydrogen) atoms. The maximum atomic E-state index is 5.86. The van der Waals surface area contributed by atoms with E-state index in [1.165, 1.54) is 30.5 Å². The predicted octanol–water partition coefficient (Wildman–Crippen LogP) is 1.77. The van der Waals surface area contributed by atoms with Gasteiger partial charge in [-0.3, -0.25) is 9.88 Å². The van der Waals surface area contributed by atoms with Gasteiger partial charge >= 0.3 is 0 Å². The lowest BCUT2D eigenvalue weighted by Gasteiger charge is -2.33. The van der Waals surface area contributed by atoms with E-state index in [0.717, 1.165) is 32.8 Å². The number of likely N-dealkylation sites (N-methyl/N-ethyl adjacent to an activating group) is 1. The van der Waals surface area contributed by atoms with Gasteiger partial charge in [-0.1, -0.05) is 13.0 Å². The third kappa shape index (κ3) is 3.19. The van der Waals surface area contributed by atoms with Crippen molar-refractivity contribution in [3.05, 3.63) is 29.6 Å². The Morgan fingerprint density at radius 1 is 1.50 bits per heavy atom. The molecule has 0 aromatic carbocycles. The van der Waals surface area contributed by atoms with Gasteiger partial charge in [0.1, 0.15) is 0 Å². The summed E-state index contributed by atoms with van der Waals surface area (Å²) in [5, 5.41) is 3.68. The number of nitrogens with one attached hydrogen (secondary N) is 1. The molecule has 0 saturated carbocycles. The topological polar surface area (TPSA) is 37.4 Å². The van der Waals surface area contributed by atoms with Crippen molar-refractivity contribution in [3.8, 4) is 0 Å². The maximum Gasteiger partial charge on any atom is 0.0826 e. The van der Waals surface area contributed by atoms with E-state index in [-0.39, 0.29) is 0 Å². The molecule has 1 aliphatic carbocycles.